The van der Waals surface area contributed by atoms with Crippen LogP contribution in [0, 0.1) is 0 Å². The van der Waals surface area contributed by atoms with Crippen LogP contribution in [0.15, 0.2) is 36.7 Å². The summed E-state index contributed by atoms with van der Waals surface area (Å²) >= 11 is 0. The Morgan fingerprint density at radius 3 is 2.85 bits per heavy atom. The molecule has 0 radical (unpaired) electrons. The second-order valence-electron chi connectivity index (χ2n) is 4.62. The van der Waals surface area contributed by atoms with E-state index in [4.69, 9.17) is 5.73 Å². The molecule has 3 aromatic rings. The van der Waals surface area contributed by atoms with Crippen molar-refractivity contribution in [1.29, 1.82) is 0 Å². The zero-order chi connectivity index (χ0) is 13.9. The molecule has 3 rings (SSSR count). The van der Waals surface area contributed by atoms with E-state index < -0.39 is 0 Å². The van der Waals surface area contributed by atoms with Crippen LogP contribution in [0.3, 0.4) is 0 Å². The number of nitrogens with two attached hydrogens (primary N) is 1. The Bertz CT molecular complexity index is 703. The average Bonchev–Trinajstić information content (AvgIpc) is 2.95. The smallest absolute Gasteiger partial charge is 0.151 e. The molecule has 0 aliphatic rings. The van der Waals surface area contributed by atoms with E-state index in [-0.39, 0.29) is 0 Å². The number of rotatable bonds is 4. The number of H-pyrrole nitrogens is 1. The van der Waals surface area contributed by atoms with Crippen LogP contribution >= 0.6 is 0 Å². The number of fused-ring (bicyclic) bond motifs is 1. The summed E-state index contributed by atoms with van der Waals surface area (Å²) in [6.07, 6.45) is 1.69. The SMILES string of the molecule is CN(CCN)c1ccc(-c2ccc3nc[nH]c3c2)nn1. The monoisotopic (exact) mass is 268 g/mol. The van der Waals surface area contributed by atoms with Crippen molar-refractivity contribution in [3.63, 3.8) is 0 Å². The van der Waals surface area contributed by atoms with Gasteiger partial charge in [0.15, 0.2) is 5.82 Å². The summed E-state index contributed by atoms with van der Waals surface area (Å²) in [7, 11) is 1.95. The molecule has 3 N–H and O–H groups in total. The topological polar surface area (TPSA) is 83.7 Å². The number of aromatic nitrogens is 4. The Balaban J connectivity index is 1.90. The highest BCUT2D eigenvalue weighted by Crippen LogP contribution is 2.21. The lowest BCUT2D eigenvalue weighted by Gasteiger charge is -2.16. The van der Waals surface area contributed by atoms with Gasteiger partial charge < -0.3 is 15.6 Å². The number of nitrogens with zero attached hydrogens (tertiary/aromatic N) is 4. The van der Waals surface area contributed by atoms with Gasteiger partial charge in [-0.25, -0.2) is 4.98 Å². The molecule has 0 bridgehead atoms. The third-order valence-electron chi connectivity index (χ3n) is 3.22. The van der Waals surface area contributed by atoms with Crippen LogP contribution in [0.5, 0.6) is 0 Å². The number of benzene rings is 1. The van der Waals surface area contributed by atoms with Crippen LogP contribution in [-0.2, 0) is 0 Å². The van der Waals surface area contributed by atoms with Crippen LogP contribution in [0.2, 0.25) is 0 Å². The predicted molar refractivity (Wildman–Crippen MR) is 79.4 cm³/mol. The molecule has 0 aliphatic heterocycles. The minimum atomic E-state index is 0.594. The van der Waals surface area contributed by atoms with Gasteiger partial charge in [0.2, 0.25) is 0 Å². The normalized spacial score (nSPS) is 10.9. The van der Waals surface area contributed by atoms with Crippen LogP contribution in [0.4, 0.5) is 5.82 Å². The highest BCUT2D eigenvalue weighted by Gasteiger charge is 2.06. The second-order valence-corrected chi connectivity index (χ2v) is 4.62. The van der Waals surface area contributed by atoms with Gasteiger partial charge in [-0.1, -0.05) is 6.07 Å². The summed E-state index contributed by atoms with van der Waals surface area (Å²) in [6.45, 7) is 1.35. The van der Waals surface area contributed by atoms with Gasteiger partial charge in [-0.2, -0.15) is 0 Å². The van der Waals surface area contributed by atoms with Crippen LogP contribution < -0.4 is 10.6 Å². The molecular formula is C14H16N6. The number of anilines is 1. The fraction of sp³-hybridized carbons (Fsp3) is 0.214. The van der Waals surface area contributed by atoms with Crippen molar-refractivity contribution in [2.24, 2.45) is 5.73 Å². The maximum absolute atomic E-state index is 5.53. The summed E-state index contributed by atoms with van der Waals surface area (Å²) in [5, 5.41) is 8.51. The van der Waals surface area contributed by atoms with Gasteiger partial charge in [0.25, 0.3) is 0 Å². The molecule has 0 fully saturated rings. The van der Waals surface area contributed by atoms with Gasteiger partial charge in [-0.3, -0.25) is 0 Å². The molecule has 20 heavy (non-hydrogen) atoms. The second kappa shape index (κ2) is 5.26. The quantitative estimate of drug-likeness (QED) is 0.747. The van der Waals surface area contributed by atoms with Gasteiger partial charge in [-0.15, -0.1) is 10.2 Å². The standard InChI is InChI=1S/C14H16N6/c1-20(7-6-15)14-5-4-11(18-19-14)10-2-3-12-13(8-10)17-9-16-12/h2-5,8-9H,6-7,15H2,1H3,(H,16,17). The molecule has 2 heterocycles. The van der Waals surface area contributed by atoms with Crippen LogP contribution in [0.25, 0.3) is 22.3 Å². The first kappa shape index (κ1) is 12.6. The number of hydrogen-bond donors (Lipinski definition) is 2. The van der Waals surface area contributed by atoms with Gasteiger partial charge in [0.05, 0.1) is 23.1 Å². The Labute approximate surface area is 116 Å². The van der Waals surface area contributed by atoms with E-state index in [1.54, 1.807) is 6.33 Å². The van der Waals surface area contributed by atoms with Crippen LogP contribution in [-0.4, -0.2) is 40.3 Å². The highest BCUT2D eigenvalue weighted by atomic mass is 15.2. The molecule has 0 atom stereocenters. The summed E-state index contributed by atoms with van der Waals surface area (Å²) in [6, 6.07) is 9.91. The fourth-order valence-electron chi connectivity index (χ4n) is 2.09. The summed E-state index contributed by atoms with van der Waals surface area (Å²) in [4.78, 5) is 9.28. The Hall–Kier alpha value is -2.47. The molecule has 0 spiro atoms. The number of likely N-dealkylation sites (N-methyl/N-ethyl adjacent to an activating group) is 1. The molecule has 0 saturated carbocycles. The molecule has 6 nitrogen and oxygen atoms in total. The summed E-state index contributed by atoms with van der Waals surface area (Å²) in [5.41, 5.74) is 9.33. The van der Waals surface area contributed by atoms with E-state index in [2.05, 4.69) is 20.2 Å². The zero-order valence-corrected chi connectivity index (χ0v) is 11.2. The number of aromatic amines is 1. The largest absolute Gasteiger partial charge is 0.357 e. The Morgan fingerprint density at radius 2 is 2.10 bits per heavy atom. The molecule has 0 saturated heterocycles. The third-order valence-corrected chi connectivity index (χ3v) is 3.22. The first-order valence-electron chi connectivity index (χ1n) is 6.46. The zero-order valence-electron chi connectivity index (χ0n) is 11.2. The number of hydrogen-bond acceptors (Lipinski definition) is 5. The number of nitrogens with one attached hydrogen (secondary N) is 1. The molecule has 0 aliphatic carbocycles. The van der Waals surface area contributed by atoms with Gasteiger partial charge in [-0.05, 0) is 24.3 Å². The van der Waals surface area contributed by atoms with Crippen molar-refractivity contribution in [2.45, 2.75) is 0 Å². The van der Waals surface area contributed by atoms with E-state index in [0.29, 0.717) is 6.54 Å². The maximum Gasteiger partial charge on any atom is 0.151 e. The molecule has 2 aromatic heterocycles. The average molecular weight is 268 g/mol. The van der Waals surface area contributed by atoms with E-state index in [1.807, 2.05) is 42.3 Å². The van der Waals surface area contributed by atoms with Gasteiger partial charge in [0.1, 0.15) is 0 Å². The Morgan fingerprint density at radius 1 is 1.20 bits per heavy atom. The van der Waals surface area contributed by atoms with E-state index >= 15 is 0 Å². The van der Waals surface area contributed by atoms with Crippen molar-refractivity contribution < 1.29 is 0 Å². The van der Waals surface area contributed by atoms with E-state index in [0.717, 1.165) is 34.7 Å². The Kier molecular flexibility index (Phi) is 3.30. The van der Waals surface area contributed by atoms with Crippen molar-refractivity contribution in [3.8, 4) is 11.3 Å². The minimum absolute atomic E-state index is 0.594. The summed E-state index contributed by atoms with van der Waals surface area (Å²) in [5.74, 6) is 0.821. The maximum atomic E-state index is 5.53. The van der Waals surface area contributed by atoms with E-state index in [9.17, 15) is 0 Å². The van der Waals surface area contributed by atoms with Crippen molar-refractivity contribution in [1.82, 2.24) is 20.2 Å². The first-order valence-corrected chi connectivity index (χ1v) is 6.46. The van der Waals surface area contributed by atoms with Gasteiger partial charge in [0, 0.05) is 25.7 Å². The van der Waals surface area contributed by atoms with Crippen molar-refractivity contribution in [3.05, 3.63) is 36.7 Å². The third kappa shape index (κ3) is 2.33. The molecular weight excluding hydrogens is 252 g/mol. The van der Waals surface area contributed by atoms with Crippen molar-refractivity contribution in [2.75, 3.05) is 25.0 Å². The molecule has 6 heteroatoms. The fourth-order valence-corrected chi connectivity index (χ4v) is 2.09. The molecule has 1 aromatic carbocycles. The lowest BCUT2D eigenvalue weighted by Crippen LogP contribution is -2.25. The predicted octanol–water partition coefficient (Wildman–Crippen LogP) is 1.41. The summed E-state index contributed by atoms with van der Waals surface area (Å²) < 4.78 is 0. The molecule has 102 valence electrons. The van der Waals surface area contributed by atoms with Gasteiger partial charge >= 0.3 is 0 Å². The minimum Gasteiger partial charge on any atom is -0.357 e. The van der Waals surface area contributed by atoms with Crippen LogP contribution in [0.1, 0.15) is 0 Å². The van der Waals surface area contributed by atoms with E-state index in [1.165, 1.54) is 0 Å². The number of imidazole rings is 1. The highest BCUT2D eigenvalue weighted by molar-refractivity contribution is 5.80. The van der Waals surface area contributed by atoms with Crippen molar-refractivity contribution >= 4 is 16.9 Å². The lowest BCUT2D eigenvalue weighted by molar-refractivity contribution is 0.848. The first-order chi connectivity index (χ1) is 9.78. The molecule has 0 unspecified atom stereocenters. The lowest BCUT2D eigenvalue weighted by atomic mass is 10.1. The molecule has 0 amide bonds.